The first-order chi connectivity index (χ1) is 11.3. The number of guanidine groups is 1. The van der Waals surface area contributed by atoms with E-state index in [-0.39, 0.29) is 0 Å². The van der Waals surface area contributed by atoms with Crippen LogP contribution in [0.5, 0.6) is 0 Å². The zero-order chi connectivity index (χ0) is 16.3. The Morgan fingerprint density at radius 1 is 1.13 bits per heavy atom. The van der Waals surface area contributed by atoms with Crippen molar-refractivity contribution in [1.82, 2.24) is 10.6 Å². The first kappa shape index (κ1) is 18.5. The van der Waals surface area contributed by atoms with Crippen molar-refractivity contribution in [1.29, 1.82) is 0 Å². The molecule has 0 aromatic rings. The highest BCUT2D eigenvalue weighted by molar-refractivity contribution is 5.79. The van der Waals surface area contributed by atoms with Crippen molar-refractivity contribution < 1.29 is 9.47 Å². The fraction of sp³-hybridized carbons (Fsp3) is 0.944. The molecule has 1 aliphatic carbocycles. The van der Waals surface area contributed by atoms with Gasteiger partial charge in [-0.3, -0.25) is 4.99 Å². The minimum Gasteiger partial charge on any atom is -0.381 e. The zero-order valence-corrected chi connectivity index (χ0v) is 15.0. The Morgan fingerprint density at radius 3 is 2.65 bits per heavy atom. The summed E-state index contributed by atoms with van der Waals surface area (Å²) in [4.78, 5) is 4.31. The number of rotatable bonds is 8. The van der Waals surface area contributed by atoms with E-state index in [0.717, 1.165) is 70.2 Å². The van der Waals surface area contributed by atoms with Gasteiger partial charge in [-0.25, -0.2) is 0 Å². The Bertz CT molecular complexity index is 335. The fourth-order valence-electron chi connectivity index (χ4n) is 3.34. The van der Waals surface area contributed by atoms with Crippen LogP contribution in [-0.4, -0.2) is 52.5 Å². The summed E-state index contributed by atoms with van der Waals surface area (Å²) in [5.74, 6) is 3.25. The summed E-state index contributed by atoms with van der Waals surface area (Å²) in [6, 6.07) is 0. The molecule has 0 radical (unpaired) electrons. The van der Waals surface area contributed by atoms with Gasteiger partial charge in [-0.15, -0.1) is 0 Å². The number of hydrogen-bond donors (Lipinski definition) is 2. The Morgan fingerprint density at radius 2 is 1.96 bits per heavy atom. The molecule has 23 heavy (non-hydrogen) atoms. The predicted molar refractivity (Wildman–Crippen MR) is 94.8 cm³/mol. The van der Waals surface area contributed by atoms with Gasteiger partial charge in [-0.1, -0.05) is 19.8 Å². The van der Waals surface area contributed by atoms with Gasteiger partial charge in [0.1, 0.15) is 0 Å². The summed E-state index contributed by atoms with van der Waals surface area (Å²) in [5.41, 5.74) is 0. The molecule has 0 aromatic heterocycles. The highest BCUT2D eigenvalue weighted by Crippen LogP contribution is 2.27. The number of aliphatic imine (C=N–C) groups is 1. The Balaban J connectivity index is 1.46. The molecule has 5 heteroatoms. The van der Waals surface area contributed by atoms with E-state index in [9.17, 15) is 0 Å². The normalized spacial score (nSPS) is 28.8. The van der Waals surface area contributed by atoms with Crippen molar-refractivity contribution in [2.45, 2.75) is 45.4 Å². The Hall–Kier alpha value is -0.810. The number of nitrogens with one attached hydrogen (secondary N) is 2. The highest BCUT2D eigenvalue weighted by Gasteiger charge is 2.18. The third-order valence-corrected chi connectivity index (χ3v) is 5.05. The van der Waals surface area contributed by atoms with Crippen molar-refractivity contribution in [3.8, 4) is 0 Å². The molecule has 0 amide bonds. The van der Waals surface area contributed by atoms with Crippen molar-refractivity contribution in [2.24, 2.45) is 22.7 Å². The molecule has 2 aliphatic rings. The van der Waals surface area contributed by atoms with Crippen LogP contribution in [0.15, 0.2) is 4.99 Å². The van der Waals surface area contributed by atoms with Gasteiger partial charge in [0, 0.05) is 39.3 Å². The summed E-state index contributed by atoms with van der Waals surface area (Å²) in [7, 11) is 1.84. The molecular weight excluding hydrogens is 290 g/mol. The molecule has 1 saturated heterocycles. The standard InChI is InChI=1S/C18H35N3O2/c1-15-4-6-16(7-5-15)12-21-18(19-2)20-9-3-10-22-13-17-8-11-23-14-17/h15-17H,3-14H2,1-2H3,(H2,19,20,21). The van der Waals surface area contributed by atoms with Crippen LogP contribution in [0.2, 0.25) is 0 Å². The minimum absolute atomic E-state index is 0.607. The third kappa shape index (κ3) is 7.53. The second kappa shape index (κ2) is 10.9. The van der Waals surface area contributed by atoms with E-state index >= 15 is 0 Å². The van der Waals surface area contributed by atoms with Gasteiger partial charge in [0.05, 0.1) is 13.2 Å². The average molecular weight is 325 g/mol. The van der Waals surface area contributed by atoms with Gasteiger partial charge in [0.2, 0.25) is 0 Å². The molecule has 0 aromatic carbocycles. The molecule has 5 nitrogen and oxygen atoms in total. The summed E-state index contributed by atoms with van der Waals surface area (Å²) < 4.78 is 11.1. The molecule has 0 bridgehead atoms. The largest absolute Gasteiger partial charge is 0.381 e. The van der Waals surface area contributed by atoms with Crippen molar-refractivity contribution in [3.63, 3.8) is 0 Å². The van der Waals surface area contributed by atoms with Crippen LogP contribution in [0.25, 0.3) is 0 Å². The number of ether oxygens (including phenoxy) is 2. The summed E-state index contributed by atoms with van der Waals surface area (Å²) in [6.45, 7) is 7.74. The monoisotopic (exact) mass is 325 g/mol. The molecule has 1 heterocycles. The lowest BCUT2D eigenvalue weighted by molar-refractivity contribution is 0.0888. The molecular formula is C18H35N3O2. The quantitative estimate of drug-likeness (QED) is 0.409. The molecule has 2 fully saturated rings. The second-order valence-corrected chi connectivity index (χ2v) is 7.16. The van der Waals surface area contributed by atoms with Crippen LogP contribution < -0.4 is 10.6 Å². The van der Waals surface area contributed by atoms with Gasteiger partial charge >= 0.3 is 0 Å². The van der Waals surface area contributed by atoms with Crippen LogP contribution in [-0.2, 0) is 9.47 Å². The van der Waals surface area contributed by atoms with E-state index in [0.29, 0.717) is 5.92 Å². The third-order valence-electron chi connectivity index (χ3n) is 5.05. The zero-order valence-electron chi connectivity index (χ0n) is 15.0. The predicted octanol–water partition coefficient (Wildman–Crippen LogP) is 2.42. The molecule has 1 atom stereocenters. The van der Waals surface area contributed by atoms with Gasteiger partial charge in [-0.2, -0.15) is 0 Å². The smallest absolute Gasteiger partial charge is 0.190 e. The maximum absolute atomic E-state index is 5.72. The maximum atomic E-state index is 5.72. The van der Waals surface area contributed by atoms with E-state index in [1.54, 1.807) is 0 Å². The first-order valence-electron chi connectivity index (χ1n) is 9.38. The number of hydrogen-bond acceptors (Lipinski definition) is 3. The Labute approximate surface area is 141 Å². The first-order valence-corrected chi connectivity index (χ1v) is 9.38. The molecule has 1 aliphatic heterocycles. The highest BCUT2D eigenvalue weighted by atomic mass is 16.5. The van der Waals surface area contributed by atoms with Crippen LogP contribution >= 0.6 is 0 Å². The minimum atomic E-state index is 0.607. The van der Waals surface area contributed by atoms with Crippen LogP contribution in [0.4, 0.5) is 0 Å². The van der Waals surface area contributed by atoms with Gasteiger partial charge in [-0.05, 0) is 37.5 Å². The van der Waals surface area contributed by atoms with Crippen LogP contribution in [0, 0.1) is 17.8 Å². The summed E-state index contributed by atoms with van der Waals surface area (Å²) >= 11 is 0. The SMILES string of the molecule is CN=C(NCCCOCC1CCOC1)NCC1CCC(C)CC1. The van der Waals surface area contributed by atoms with E-state index < -0.39 is 0 Å². The van der Waals surface area contributed by atoms with Gasteiger partial charge < -0.3 is 20.1 Å². The topological polar surface area (TPSA) is 54.9 Å². The summed E-state index contributed by atoms with van der Waals surface area (Å²) in [6.07, 6.45) is 7.61. The maximum Gasteiger partial charge on any atom is 0.190 e. The van der Waals surface area contributed by atoms with Gasteiger partial charge in [0.15, 0.2) is 5.96 Å². The lowest BCUT2D eigenvalue weighted by Gasteiger charge is -2.26. The van der Waals surface area contributed by atoms with E-state index in [4.69, 9.17) is 9.47 Å². The number of nitrogens with zero attached hydrogens (tertiary/aromatic N) is 1. The van der Waals surface area contributed by atoms with Crippen molar-refractivity contribution in [3.05, 3.63) is 0 Å². The molecule has 2 rings (SSSR count). The lowest BCUT2D eigenvalue weighted by Crippen LogP contribution is -2.40. The molecule has 2 N–H and O–H groups in total. The van der Waals surface area contributed by atoms with Crippen molar-refractivity contribution >= 4 is 5.96 Å². The molecule has 1 unspecified atom stereocenters. The van der Waals surface area contributed by atoms with Crippen molar-refractivity contribution in [2.75, 3.05) is 46.6 Å². The second-order valence-electron chi connectivity index (χ2n) is 7.16. The Kier molecular flexibility index (Phi) is 8.76. The van der Waals surface area contributed by atoms with Gasteiger partial charge in [0.25, 0.3) is 0 Å². The fourth-order valence-corrected chi connectivity index (χ4v) is 3.34. The lowest BCUT2D eigenvalue weighted by atomic mass is 9.83. The van der Waals surface area contributed by atoms with Crippen LogP contribution in [0.1, 0.15) is 45.4 Å². The molecule has 134 valence electrons. The van der Waals surface area contributed by atoms with E-state index in [2.05, 4.69) is 22.5 Å². The average Bonchev–Trinajstić information content (AvgIpc) is 3.08. The molecule has 0 spiro atoms. The van der Waals surface area contributed by atoms with E-state index in [1.165, 1.54) is 25.7 Å². The van der Waals surface area contributed by atoms with E-state index in [1.807, 2.05) is 7.05 Å². The summed E-state index contributed by atoms with van der Waals surface area (Å²) in [5, 5.41) is 6.85. The van der Waals surface area contributed by atoms with Crippen LogP contribution in [0.3, 0.4) is 0 Å². The molecule has 1 saturated carbocycles.